The van der Waals surface area contributed by atoms with Crippen LogP contribution in [0.25, 0.3) is 17.0 Å². The largest absolute Gasteiger partial charge is 0.355 e. The maximum Gasteiger partial charge on any atom is 0.251 e. The van der Waals surface area contributed by atoms with E-state index < -0.39 is 0 Å². The number of nitrogens with one attached hydrogen (secondary N) is 2. The van der Waals surface area contributed by atoms with Crippen LogP contribution in [0, 0.1) is 0 Å². The number of aromatic nitrogens is 1. The van der Waals surface area contributed by atoms with Gasteiger partial charge in [0.15, 0.2) is 0 Å². The lowest BCUT2D eigenvalue weighted by atomic mass is 10.1. The quantitative estimate of drug-likeness (QED) is 0.721. The predicted molar refractivity (Wildman–Crippen MR) is 99.2 cm³/mol. The van der Waals surface area contributed by atoms with Gasteiger partial charge in [0, 0.05) is 24.1 Å². The van der Waals surface area contributed by atoms with Crippen LogP contribution in [0.2, 0.25) is 0 Å². The van der Waals surface area contributed by atoms with Gasteiger partial charge in [-0.3, -0.25) is 14.6 Å². The third-order valence-corrected chi connectivity index (χ3v) is 3.69. The Morgan fingerprint density at radius 1 is 1.04 bits per heavy atom. The van der Waals surface area contributed by atoms with Crippen LogP contribution in [0.3, 0.4) is 0 Å². The van der Waals surface area contributed by atoms with Gasteiger partial charge in [-0.2, -0.15) is 0 Å². The van der Waals surface area contributed by atoms with Gasteiger partial charge in [0.2, 0.25) is 5.91 Å². The molecule has 0 radical (unpaired) electrons. The number of anilines is 1. The average molecular weight is 331 g/mol. The molecular weight excluding hydrogens is 314 g/mol. The average Bonchev–Trinajstić information content (AvgIpc) is 2.66. The van der Waals surface area contributed by atoms with Crippen LogP contribution in [0.5, 0.6) is 0 Å². The van der Waals surface area contributed by atoms with Gasteiger partial charge in [0.05, 0.1) is 17.4 Å². The summed E-state index contributed by atoms with van der Waals surface area (Å²) in [4.78, 5) is 27.9. The van der Waals surface area contributed by atoms with E-state index in [1.807, 2.05) is 30.3 Å². The van der Waals surface area contributed by atoms with Crippen molar-refractivity contribution in [2.45, 2.75) is 0 Å². The molecule has 0 unspecified atom stereocenters. The number of carbonyl (C=O) groups is 2. The Labute approximate surface area is 145 Å². The molecule has 2 aromatic carbocycles. The molecule has 0 aliphatic heterocycles. The summed E-state index contributed by atoms with van der Waals surface area (Å²) in [6.45, 7) is 0. The normalized spacial score (nSPS) is 10.8. The molecule has 0 aliphatic carbocycles. The Bertz CT molecular complexity index is 947. The van der Waals surface area contributed by atoms with Gasteiger partial charge in [0.25, 0.3) is 5.91 Å². The fourth-order valence-corrected chi connectivity index (χ4v) is 2.39. The van der Waals surface area contributed by atoms with E-state index in [1.165, 1.54) is 6.08 Å². The van der Waals surface area contributed by atoms with Gasteiger partial charge in [0.1, 0.15) is 0 Å². The number of carbonyl (C=O) groups excluding carboxylic acids is 2. The molecule has 0 fully saturated rings. The highest BCUT2D eigenvalue weighted by molar-refractivity contribution is 6.02. The first kappa shape index (κ1) is 16.4. The molecule has 124 valence electrons. The van der Waals surface area contributed by atoms with E-state index in [0.717, 1.165) is 16.5 Å². The van der Waals surface area contributed by atoms with Gasteiger partial charge in [-0.1, -0.05) is 30.3 Å². The van der Waals surface area contributed by atoms with Gasteiger partial charge < -0.3 is 10.6 Å². The van der Waals surface area contributed by atoms with Crippen LogP contribution >= 0.6 is 0 Å². The van der Waals surface area contributed by atoms with Crippen molar-refractivity contribution >= 4 is 34.5 Å². The second-order valence-corrected chi connectivity index (χ2v) is 5.44. The smallest absolute Gasteiger partial charge is 0.251 e. The molecule has 5 nitrogen and oxygen atoms in total. The van der Waals surface area contributed by atoms with E-state index in [1.54, 1.807) is 43.6 Å². The molecule has 0 saturated heterocycles. The molecule has 2 N–H and O–H groups in total. The lowest BCUT2D eigenvalue weighted by Crippen LogP contribution is -2.17. The van der Waals surface area contributed by atoms with Crippen molar-refractivity contribution in [3.63, 3.8) is 0 Å². The number of fused-ring (bicyclic) bond motifs is 1. The number of rotatable bonds is 4. The number of para-hydroxylation sites is 1. The molecule has 1 heterocycles. The SMILES string of the molecule is CNC(=O)c1ccc(/C=C/C(=O)Nc2cnc3ccccc3c2)cc1. The van der Waals surface area contributed by atoms with Crippen molar-refractivity contribution in [2.24, 2.45) is 0 Å². The summed E-state index contributed by atoms with van der Waals surface area (Å²) in [6.07, 6.45) is 4.77. The Kier molecular flexibility index (Phi) is 4.85. The number of hydrogen-bond acceptors (Lipinski definition) is 3. The molecule has 1 aromatic heterocycles. The number of nitrogens with zero attached hydrogens (tertiary/aromatic N) is 1. The summed E-state index contributed by atoms with van der Waals surface area (Å²) in [5, 5.41) is 6.32. The maximum absolute atomic E-state index is 12.1. The number of hydrogen-bond donors (Lipinski definition) is 2. The molecule has 0 atom stereocenters. The van der Waals surface area contributed by atoms with Crippen molar-refractivity contribution in [3.8, 4) is 0 Å². The van der Waals surface area contributed by atoms with E-state index in [0.29, 0.717) is 11.3 Å². The van der Waals surface area contributed by atoms with E-state index >= 15 is 0 Å². The molecule has 5 heteroatoms. The van der Waals surface area contributed by atoms with Crippen LogP contribution in [-0.4, -0.2) is 23.8 Å². The van der Waals surface area contributed by atoms with Gasteiger partial charge in [-0.15, -0.1) is 0 Å². The zero-order chi connectivity index (χ0) is 17.6. The van der Waals surface area contributed by atoms with Crippen molar-refractivity contribution in [3.05, 3.63) is 78.0 Å². The first-order valence-corrected chi connectivity index (χ1v) is 7.82. The molecular formula is C20H17N3O2. The first-order chi connectivity index (χ1) is 12.2. The Morgan fingerprint density at radius 3 is 2.56 bits per heavy atom. The lowest BCUT2D eigenvalue weighted by molar-refractivity contribution is -0.111. The molecule has 0 saturated carbocycles. The number of pyridine rings is 1. The third kappa shape index (κ3) is 4.09. The second-order valence-electron chi connectivity index (χ2n) is 5.44. The minimum atomic E-state index is -0.243. The first-order valence-electron chi connectivity index (χ1n) is 7.82. The van der Waals surface area contributed by atoms with E-state index in [4.69, 9.17) is 0 Å². The minimum absolute atomic E-state index is 0.142. The monoisotopic (exact) mass is 331 g/mol. The summed E-state index contributed by atoms with van der Waals surface area (Å²) < 4.78 is 0. The zero-order valence-corrected chi connectivity index (χ0v) is 13.7. The molecule has 3 rings (SSSR count). The lowest BCUT2D eigenvalue weighted by Gasteiger charge is -2.03. The van der Waals surface area contributed by atoms with Crippen LogP contribution in [0.1, 0.15) is 15.9 Å². The fraction of sp³-hybridized carbons (Fsp3) is 0.0500. The molecule has 0 aliphatic rings. The summed E-state index contributed by atoms with van der Waals surface area (Å²) in [6, 6.07) is 16.6. The fourth-order valence-electron chi connectivity index (χ4n) is 2.39. The summed E-state index contributed by atoms with van der Waals surface area (Å²) in [7, 11) is 1.59. The van der Waals surface area contributed by atoms with Crippen molar-refractivity contribution < 1.29 is 9.59 Å². The third-order valence-electron chi connectivity index (χ3n) is 3.69. The predicted octanol–water partition coefficient (Wildman–Crippen LogP) is 3.25. The molecule has 0 spiro atoms. The summed E-state index contributed by atoms with van der Waals surface area (Å²) in [5.41, 5.74) is 2.93. The highest BCUT2D eigenvalue weighted by Crippen LogP contribution is 2.16. The molecule has 3 aromatic rings. The second kappa shape index (κ2) is 7.40. The summed E-state index contributed by atoms with van der Waals surface area (Å²) >= 11 is 0. The number of benzene rings is 2. The Balaban J connectivity index is 1.66. The van der Waals surface area contributed by atoms with Crippen LogP contribution in [-0.2, 0) is 4.79 Å². The van der Waals surface area contributed by atoms with Crippen molar-refractivity contribution in [1.29, 1.82) is 0 Å². The summed E-state index contributed by atoms with van der Waals surface area (Å²) in [5.74, 6) is -0.385. The van der Waals surface area contributed by atoms with E-state index in [-0.39, 0.29) is 11.8 Å². The molecule has 0 bridgehead atoms. The Morgan fingerprint density at radius 2 is 1.80 bits per heavy atom. The highest BCUT2D eigenvalue weighted by Gasteiger charge is 2.02. The topological polar surface area (TPSA) is 71.1 Å². The standard InChI is InChI=1S/C20H17N3O2/c1-21-20(25)15-9-6-14(7-10-15)8-11-19(24)23-17-12-16-4-2-3-5-18(16)22-13-17/h2-13H,1H3,(H,21,25)(H,23,24)/b11-8+. The van der Waals surface area contributed by atoms with E-state index in [2.05, 4.69) is 15.6 Å². The van der Waals surface area contributed by atoms with Gasteiger partial charge in [-0.25, -0.2) is 0 Å². The highest BCUT2D eigenvalue weighted by atomic mass is 16.2. The maximum atomic E-state index is 12.1. The molecule has 25 heavy (non-hydrogen) atoms. The van der Waals surface area contributed by atoms with Crippen molar-refractivity contribution in [1.82, 2.24) is 10.3 Å². The van der Waals surface area contributed by atoms with Crippen molar-refractivity contribution in [2.75, 3.05) is 12.4 Å². The van der Waals surface area contributed by atoms with Gasteiger partial charge >= 0.3 is 0 Å². The minimum Gasteiger partial charge on any atom is -0.355 e. The van der Waals surface area contributed by atoms with Crippen LogP contribution < -0.4 is 10.6 Å². The number of amides is 2. The van der Waals surface area contributed by atoms with E-state index in [9.17, 15) is 9.59 Å². The van der Waals surface area contributed by atoms with Gasteiger partial charge in [-0.05, 0) is 35.9 Å². The zero-order valence-electron chi connectivity index (χ0n) is 13.7. The molecule has 2 amide bonds. The van der Waals surface area contributed by atoms with Crippen LogP contribution in [0.15, 0.2) is 66.9 Å². The Hall–Kier alpha value is -3.47. The van der Waals surface area contributed by atoms with Crippen LogP contribution in [0.4, 0.5) is 5.69 Å².